The fourth-order valence-electron chi connectivity index (χ4n) is 6.57. The molecule has 0 heteroatoms. The van der Waals surface area contributed by atoms with E-state index in [1.807, 2.05) is 0 Å². The van der Waals surface area contributed by atoms with Crippen LogP contribution >= 0.6 is 0 Å². The molecule has 0 amide bonds. The van der Waals surface area contributed by atoms with Crippen molar-refractivity contribution in [1.82, 2.24) is 0 Å². The first kappa shape index (κ1) is 27.7. The standard InChI is InChI=1S/C40H42/c1-7-12-28(4)38-29(5)23-37-26-36(30(6)39(37)40(38)35-15-9-8-10-16-35)25-33-14-11-13-32(24-33)18-17-31-19-21-34(22-20-31)27(2)3/h8-11,13-16,19-25,39-40H,2,4,6-7,12,17-18,26H2,1,3,5H3. The number of allylic oxidation sites excluding steroid dienone is 8. The Hall–Kier alpha value is -3.90. The van der Waals surface area contributed by atoms with Gasteiger partial charge in [-0.15, -0.1) is 0 Å². The number of rotatable bonds is 9. The maximum absolute atomic E-state index is 4.71. The topological polar surface area (TPSA) is 0 Å². The summed E-state index contributed by atoms with van der Waals surface area (Å²) in [6.07, 6.45) is 9.99. The first-order valence-electron chi connectivity index (χ1n) is 14.7. The molecule has 0 heterocycles. The van der Waals surface area contributed by atoms with E-state index in [0.29, 0.717) is 5.92 Å². The van der Waals surface area contributed by atoms with Crippen LogP contribution < -0.4 is 0 Å². The molecule has 3 aromatic carbocycles. The molecule has 1 saturated carbocycles. The van der Waals surface area contributed by atoms with Gasteiger partial charge in [0, 0.05) is 11.8 Å². The average molecular weight is 523 g/mol. The van der Waals surface area contributed by atoms with E-state index in [4.69, 9.17) is 6.58 Å². The highest BCUT2D eigenvalue weighted by Gasteiger charge is 2.40. The minimum atomic E-state index is 0.279. The number of hydrogen-bond acceptors (Lipinski definition) is 0. The van der Waals surface area contributed by atoms with Gasteiger partial charge in [0.15, 0.2) is 0 Å². The first-order valence-corrected chi connectivity index (χ1v) is 14.7. The van der Waals surface area contributed by atoms with Crippen LogP contribution in [0.2, 0.25) is 0 Å². The Kier molecular flexibility index (Phi) is 8.36. The lowest BCUT2D eigenvalue weighted by atomic mass is 9.69. The summed E-state index contributed by atoms with van der Waals surface area (Å²) in [4.78, 5) is 0. The Morgan fingerprint density at radius 3 is 2.30 bits per heavy atom. The second-order valence-corrected chi connectivity index (χ2v) is 11.6. The third-order valence-electron chi connectivity index (χ3n) is 8.59. The lowest BCUT2D eigenvalue weighted by molar-refractivity contribution is 0.619. The molecular formula is C40H42. The van der Waals surface area contributed by atoms with Crippen molar-refractivity contribution in [3.05, 3.63) is 166 Å². The summed E-state index contributed by atoms with van der Waals surface area (Å²) in [5, 5.41) is 0. The third-order valence-corrected chi connectivity index (χ3v) is 8.59. The molecule has 0 N–H and O–H groups in total. The molecule has 3 aromatic rings. The summed E-state index contributed by atoms with van der Waals surface area (Å²) in [6.45, 7) is 19.9. The van der Waals surface area contributed by atoms with E-state index in [9.17, 15) is 0 Å². The highest BCUT2D eigenvalue weighted by atomic mass is 14.4. The van der Waals surface area contributed by atoms with E-state index in [2.05, 4.69) is 125 Å². The van der Waals surface area contributed by atoms with E-state index >= 15 is 0 Å². The molecule has 5 rings (SSSR count). The van der Waals surface area contributed by atoms with Crippen LogP contribution in [0.5, 0.6) is 0 Å². The Bertz CT molecular complexity index is 1520. The van der Waals surface area contributed by atoms with E-state index in [-0.39, 0.29) is 5.92 Å². The summed E-state index contributed by atoms with van der Waals surface area (Å²) in [5.74, 6) is 0.576. The molecular weight excluding hydrogens is 480 g/mol. The quantitative estimate of drug-likeness (QED) is 0.262. The van der Waals surface area contributed by atoms with Crippen molar-refractivity contribution in [1.29, 1.82) is 0 Å². The number of benzene rings is 3. The largest absolute Gasteiger partial charge is 0.0955 e. The zero-order chi connectivity index (χ0) is 28.2. The van der Waals surface area contributed by atoms with Gasteiger partial charge in [-0.3, -0.25) is 0 Å². The van der Waals surface area contributed by atoms with Crippen molar-refractivity contribution >= 4 is 11.6 Å². The van der Waals surface area contributed by atoms with Crippen LogP contribution in [0.1, 0.15) is 73.8 Å². The molecule has 2 unspecified atom stereocenters. The second kappa shape index (κ2) is 12.1. The Labute approximate surface area is 241 Å². The molecule has 2 aliphatic carbocycles. The Morgan fingerprint density at radius 1 is 0.875 bits per heavy atom. The number of fused-ring (bicyclic) bond motifs is 1. The molecule has 0 nitrogen and oxygen atoms in total. The summed E-state index contributed by atoms with van der Waals surface area (Å²) < 4.78 is 0. The zero-order valence-corrected chi connectivity index (χ0v) is 24.5. The SMILES string of the molecule is C=C(CCC)C1=C(C)C=C2CC(=Cc3cccc(CCc4ccc(C(=C)C)cc4)c3)C(=C)C2C1c1ccccc1. The van der Waals surface area contributed by atoms with Crippen molar-refractivity contribution in [2.24, 2.45) is 5.92 Å². The van der Waals surface area contributed by atoms with Gasteiger partial charge >= 0.3 is 0 Å². The van der Waals surface area contributed by atoms with Crippen molar-refractivity contribution in [3.8, 4) is 0 Å². The van der Waals surface area contributed by atoms with Crippen LogP contribution in [-0.4, -0.2) is 0 Å². The van der Waals surface area contributed by atoms with E-state index in [0.717, 1.165) is 37.7 Å². The molecule has 2 atom stereocenters. The maximum Gasteiger partial charge on any atom is 0.0201 e. The Morgan fingerprint density at radius 2 is 1.60 bits per heavy atom. The van der Waals surface area contributed by atoms with Crippen LogP contribution in [0.25, 0.3) is 11.6 Å². The minimum absolute atomic E-state index is 0.279. The van der Waals surface area contributed by atoms with Crippen LogP contribution in [0, 0.1) is 5.92 Å². The normalized spacial score (nSPS) is 19.5. The minimum Gasteiger partial charge on any atom is -0.0955 e. The molecule has 0 bridgehead atoms. The zero-order valence-electron chi connectivity index (χ0n) is 24.5. The molecule has 0 saturated heterocycles. The van der Waals surface area contributed by atoms with Crippen LogP contribution in [0.4, 0.5) is 0 Å². The average Bonchev–Trinajstić information content (AvgIpc) is 3.26. The van der Waals surface area contributed by atoms with Gasteiger partial charge in [0.2, 0.25) is 0 Å². The van der Waals surface area contributed by atoms with Gasteiger partial charge in [-0.2, -0.15) is 0 Å². The predicted molar refractivity (Wildman–Crippen MR) is 174 cm³/mol. The third kappa shape index (κ3) is 5.82. The summed E-state index contributed by atoms with van der Waals surface area (Å²) in [7, 11) is 0. The van der Waals surface area contributed by atoms with Gasteiger partial charge in [-0.05, 0) is 89.6 Å². The highest BCUT2D eigenvalue weighted by Crippen LogP contribution is 2.55. The molecule has 0 radical (unpaired) electrons. The lowest BCUT2D eigenvalue weighted by Gasteiger charge is -2.34. The monoisotopic (exact) mass is 522 g/mol. The van der Waals surface area contributed by atoms with E-state index < -0.39 is 0 Å². The number of aryl methyl sites for hydroxylation is 2. The summed E-state index contributed by atoms with van der Waals surface area (Å²) in [5.41, 5.74) is 15.9. The molecule has 2 aliphatic rings. The van der Waals surface area contributed by atoms with Gasteiger partial charge in [-0.25, -0.2) is 0 Å². The summed E-state index contributed by atoms with van der Waals surface area (Å²) in [6, 6.07) is 28.9. The van der Waals surface area contributed by atoms with E-state index in [1.54, 1.807) is 0 Å². The maximum atomic E-state index is 4.71. The molecule has 1 fully saturated rings. The molecule has 40 heavy (non-hydrogen) atoms. The lowest BCUT2D eigenvalue weighted by Crippen LogP contribution is -2.21. The van der Waals surface area contributed by atoms with Crippen LogP contribution in [0.3, 0.4) is 0 Å². The second-order valence-electron chi connectivity index (χ2n) is 11.6. The fraction of sp³-hybridized carbons (Fsp3) is 0.250. The smallest absolute Gasteiger partial charge is 0.0201 e. The van der Waals surface area contributed by atoms with Gasteiger partial charge < -0.3 is 0 Å². The van der Waals surface area contributed by atoms with Crippen molar-refractivity contribution < 1.29 is 0 Å². The number of hydrogen-bond donors (Lipinski definition) is 0. The van der Waals surface area contributed by atoms with Crippen molar-refractivity contribution in [2.75, 3.05) is 0 Å². The molecule has 0 spiro atoms. The van der Waals surface area contributed by atoms with Gasteiger partial charge in [0.25, 0.3) is 0 Å². The molecule has 202 valence electrons. The van der Waals surface area contributed by atoms with Crippen molar-refractivity contribution in [2.45, 2.75) is 58.8 Å². The Balaban J connectivity index is 1.39. The van der Waals surface area contributed by atoms with Gasteiger partial charge in [0.05, 0.1) is 0 Å². The fourth-order valence-corrected chi connectivity index (χ4v) is 6.57. The summed E-state index contributed by atoms with van der Waals surface area (Å²) >= 11 is 0. The highest BCUT2D eigenvalue weighted by molar-refractivity contribution is 5.68. The van der Waals surface area contributed by atoms with Gasteiger partial charge in [-0.1, -0.05) is 141 Å². The predicted octanol–water partition coefficient (Wildman–Crippen LogP) is 10.9. The van der Waals surface area contributed by atoms with Gasteiger partial charge in [0.1, 0.15) is 0 Å². The molecule has 0 aromatic heterocycles. The van der Waals surface area contributed by atoms with Crippen LogP contribution in [0.15, 0.2) is 138 Å². The first-order chi connectivity index (χ1) is 19.4. The van der Waals surface area contributed by atoms with Crippen LogP contribution in [-0.2, 0) is 12.8 Å². The van der Waals surface area contributed by atoms with E-state index in [1.165, 1.54) is 61.3 Å². The van der Waals surface area contributed by atoms with Crippen molar-refractivity contribution in [3.63, 3.8) is 0 Å². The molecule has 0 aliphatic heterocycles.